The van der Waals surface area contributed by atoms with E-state index in [2.05, 4.69) is 43.5 Å². The molecule has 0 bridgehead atoms. The molecule has 1 aliphatic rings. The number of halogens is 3. The van der Waals surface area contributed by atoms with E-state index in [1.54, 1.807) is 37.3 Å². The Morgan fingerprint density at radius 1 is 1.34 bits per heavy atom. The second-order valence-electron chi connectivity index (χ2n) is 5.82. The first-order chi connectivity index (χ1) is 13.8. The van der Waals surface area contributed by atoms with Crippen LogP contribution in [0.1, 0.15) is 24.5 Å². The SMILES string of the molecule is CCC(=O)Oc1c(Br)cc(/C=C2\N=C(c3cc(I)ccc3Cl)OC2=O)cc1OC. The molecule has 0 amide bonds. The quantitative estimate of drug-likeness (QED) is 0.203. The minimum atomic E-state index is -0.591. The highest BCUT2D eigenvalue weighted by atomic mass is 127. The third-order valence-electron chi connectivity index (χ3n) is 3.84. The van der Waals surface area contributed by atoms with E-state index in [0.29, 0.717) is 26.4 Å². The smallest absolute Gasteiger partial charge is 0.363 e. The van der Waals surface area contributed by atoms with Crippen molar-refractivity contribution in [3.8, 4) is 11.5 Å². The van der Waals surface area contributed by atoms with Gasteiger partial charge in [-0.1, -0.05) is 18.5 Å². The lowest BCUT2D eigenvalue weighted by atomic mass is 10.1. The molecule has 150 valence electrons. The molecule has 0 atom stereocenters. The predicted molar refractivity (Wildman–Crippen MR) is 121 cm³/mol. The van der Waals surface area contributed by atoms with Crippen LogP contribution in [0.2, 0.25) is 5.02 Å². The molecule has 9 heteroatoms. The van der Waals surface area contributed by atoms with Gasteiger partial charge in [0.25, 0.3) is 0 Å². The first-order valence-corrected chi connectivity index (χ1v) is 10.6. The molecule has 0 unspecified atom stereocenters. The average Bonchev–Trinajstić information content (AvgIpc) is 3.05. The maximum Gasteiger partial charge on any atom is 0.363 e. The second kappa shape index (κ2) is 9.27. The Morgan fingerprint density at radius 3 is 2.79 bits per heavy atom. The molecule has 3 rings (SSSR count). The maximum absolute atomic E-state index is 12.3. The first kappa shape index (κ1) is 21.8. The molecule has 0 aliphatic carbocycles. The van der Waals surface area contributed by atoms with Gasteiger partial charge in [-0.05, 0) is 80.5 Å². The number of aliphatic imine (C=N–C) groups is 1. The van der Waals surface area contributed by atoms with Gasteiger partial charge in [0.2, 0.25) is 5.90 Å². The maximum atomic E-state index is 12.3. The number of hydrogen-bond donors (Lipinski definition) is 0. The molecule has 0 radical (unpaired) electrons. The molecular formula is C20H14BrClINO5. The number of methoxy groups -OCH3 is 1. The lowest BCUT2D eigenvalue weighted by molar-refractivity contribution is -0.134. The van der Waals surface area contributed by atoms with Gasteiger partial charge in [-0.2, -0.15) is 0 Å². The highest BCUT2D eigenvalue weighted by Gasteiger charge is 2.26. The predicted octanol–water partition coefficient (Wildman–Crippen LogP) is 5.38. The minimum absolute atomic E-state index is 0.113. The topological polar surface area (TPSA) is 74.2 Å². The van der Waals surface area contributed by atoms with Crippen molar-refractivity contribution in [3.63, 3.8) is 0 Å². The van der Waals surface area contributed by atoms with Crippen molar-refractivity contribution in [2.45, 2.75) is 13.3 Å². The number of nitrogens with zero attached hydrogens (tertiary/aromatic N) is 1. The summed E-state index contributed by atoms with van der Waals surface area (Å²) in [5.74, 6) is -0.233. The van der Waals surface area contributed by atoms with E-state index in [0.717, 1.165) is 3.57 Å². The number of hydrogen-bond acceptors (Lipinski definition) is 6. The Morgan fingerprint density at radius 2 is 2.10 bits per heavy atom. The molecule has 0 saturated heterocycles. The van der Waals surface area contributed by atoms with E-state index in [1.807, 2.05) is 6.07 Å². The standard InChI is InChI=1S/C20H14BrClINO5/c1-3-17(25)28-18-13(21)6-10(8-16(18)27-2)7-15-20(26)29-19(24-15)12-9-11(23)4-5-14(12)22/h4-9H,3H2,1-2H3/b15-7-. The van der Waals surface area contributed by atoms with E-state index < -0.39 is 11.9 Å². The molecule has 0 spiro atoms. The minimum Gasteiger partial charge on any atom is -0.493 e. The van der Waals surface area contributed by atoms with Gasteiger partial charge in [0.05, 0.1) is 22.2 Å². The molecule has 2 aromatic rings. The number of ether oxygens (including phenoxy) is 3. The van der Waals surface area contributed by atoms with Crippen molar-refractivity contribution in [1.82, 2.24) is 0 Å². The number of rotatable bonds is 5. The van der Waals surface area contributed by atoms with Gasteiger partial charge < -0.3 is 14.2 Å². The Bertz CT molecular complexity index is 1070. The molecule has 0 aromatic heterocycles. The zero-order chi connectivity index (χ0) is 21.1. The summed E-state index contributed by atoms with van der Waals surface area (Å²) in [6.07, 6.45) is 1.78. The van der Waals surface area contributed by atoms with Crippen LogP contribution in [-0.4, -0.2) is 24.9 Å². The zero-order valence-corrected chi connectivity index (χ0v) is 19.8. The van der Waals surface area contributed by atoms with Crippen LogP contribution in [0.4, 0.5) is 0 Å². The van der Waals surface area contributed by atoms with E-state index >= 15 is 0 Å². The summed E-state index contributed by atoms with van der Waals surface area (Å²) < 4.78 is 17.3. The fourth-order valence-corrected chi connectivity index (χ4v) is 3.68. The molecule has 1 heterocycles. The Labute approximate surface area is 194 Å². The monoisotopic (exact) mass is 589 g/mol. The van der Waals surface area contributed by atoms with Gasteiger partial charge in [-0.25, -0.2) is 9.79 Å². The van der Waals surface area contributed by atoms with Crippen LogP contribution in [0.5, 0.6) is 11.5 Å². The molecule has 29 heavy (non-hydrogen) atoms. The lowest BCUT2D eigenvalue weighted by Gasteiger charge is -2.11. The van der Waals surface area contributed by atoms with Crippen molar-refractivity contribution in [2.75, 3.05) is 7.11 Å². The van der Waals surface area contributed by atoms with Gasteiger partial charge in [-0.15, -0.1) is 0 Å². The fourth-order valence-electron chi connectivity index (χ4n) is 2.45. The van der Waals surface area contributed by atoms with Crippen LogP contribution in [0.3, 0.4) is 0 Å². The Kier molecular flexibility index (Phi) is 6.97. The van der Waals surface area contributed by atoms with E-state index in [1.165, 1.54) is 7.11 Å². The number of carbonyl (C=O) groups is 2. The average molecular weight is 591 g/mol. The summed E-state index contributed by atoms with van der Waals surface area (Å²) in [4.78, 5) is 28.2. The highest BCUT2D eigenvalue weighted by Crippen LogP contribution is 2.38. The van der Waals surface area contributed by atoms with E-state index in [-0.39, 0.29) is 23.8 Å². The second-order valence-corrected chi connectivity index (χ2v) is 8.33. The summed E-state index contributed by atoms with van der Waals surface area (Å²) >= 11 is 11.7. The van der Waals surface area contributed by atoms with E-state index in [4.69, 9.17) is 25.8 Å². The van der Waals surface area contributed by atoms with Crippen LogP contribution in [0.15, 0.2) is 45.5 Å². The van der Waals surface area contributed by atoms with Gasteiger partial charge in [0.1, 0.15) is 0 Å². The Hall–Kier alpha value is -1.91. The summed E-state index contributed by atoms with van der Waals surface area (Å²) in [6.45, 7) is 1.70. The third-order valence-corrected chi connectivity index (χ3v) is 5.43. The number of cyclic esters (lactones) is 1. The fraction of sp³-hybridized carbons (Fsp3) is 0.150. The van der Waals surface area contributed by atoms with Crippen LogP contribution in [-0.2, 0) is 14.3 Å². The molecule has 6 nitrogen and oxygen atoms in total. The normalized spacial score (nSPS) is 14.6. The van der Waals surface area contributed by atoms with Crippen molar-refractivity contribution in [2.24, 2.45) is 4.99 Å². The number of benzene rings is 2. The molecule has 0 fully saturated rings. The summed E-state index contributed by atoms with van der Waals surface area (Å²) in [5.41, 5.74) is 1.26. The highest BCUT2D eigenvalue weighted by molar-refractivity contribution is 14.1. The van der Waals surface area contributed by atoms with Crippen LogP contribution < -0.4 is 9.47 Å². The van der Waals surface area contributed by atoms with Crippen LogP contribution >= 0.6 is 50.1 Å². The lowest BCUT2D eigenvalue weighted by Crippen LogP contribution is -2.07. The van der Waals surface area contributed by atoms with Crippen molar-refractivity contribution < 1.29 is 23.8 Å². The molecule has 0 N–H and O–H groups in total. The van der Waals surface area contributed by atoms with E-state index in [9.17, 15) is 9.59 Å². The molecule has 2 aromatic carbocycles. The first-order valence-electron chi connectivity index (χ1n) is 8.38. The van der Waals surface area contributed by atoms with Gasteiger partial charge in [0.15, 0.2) is 17.2 Å². The third kappa shape index (κ3) is 4.99. The van der Waals surface area contributed by atoms with Gasteiger partial charge >= 0.3 is 11.9 Å². The van der Waals surface area contributed by atoms with Crippen LogP contribution in [0.25, 0.3) is 6.08 Å². The van der Waals surface area contributed by atoms with Gasteiger partial charge in [-0.3, -0.25) is 4.79 Å². The van der Waals surface area contributed by atoms with Crippen molar-refractivity contribution in [3.05, 3.63) is 60.2 Å². The van der Waals surface area contributed by atoms with Crippen molar-refractivity contribution in [1.29, 1.82) is 0 Å². The summed E-state index contributed by atoms with van der Waals surface area (Å²) in [6, 6.07) is 8.67. The molecule has 1 aliphatic heterocycles. The van der Waals surface area contributed by atoms with Gasteiger partial charge in [0, 0.05) is 9.99 Å². The summed E-state index contributed by atoms with van der Waals surface area (Å²) in [7, 11) is 1.46. The number of esters is 2. The molecule has 0 saturated carbocycles. The summed E-state index contributed by atoms with van der Waals surface area (Å²) in [5, 5.41) is 0.435. The van der Waals surface area contributed by atoms with Crippen molar-refractivity contribution >= 4 is 74.0 Å². The molecular weight excluding hydrogens is 576 g/mol. The van der Waals surface area contributed by atoms with Crippen LogP contribution in [0, 0.1) is 3.57 Å². The number of carbonyl (C=O) groups excluding carboxylic acids is 2. The zero-order valence-electron chi connectivity index (χ0n) is 15.3. The Balaban J connectivity index is 1.98. The largest absolute Gasteiger partial charge is 0.493 e.